The smallest absolute Gasteiger partial charge is 0.448 e. The zero-order valence-corrected chi connectivity index (χ0v) is 11.2. The quantitative estimate of drug-likeness (QED) is 0.557. The van der Waals surface area contributed by atoms with Crippen molar-refractivity contribution in [1.29, 1.82) is 0 Å². The molecule has 3 nitrogen and oxygen atoms in total. The standard InChI is InChI=1S/C6H9BF3N2O.K/c1-2-11-3-4-12(6(11)13)5-7(8,9)10;/h3-4H,2,5H2,1H3;/q-1;+1. The van der Waals surface area contributed by atoms with Crippen LogP contribution in [0.1, 0.15) is 6.92 Å². The van der Waals surface area contributed by atoms with E-state index >= 15 is 0 Å². The van der Waals surface area contributed by atoms with Crippen molar-refractivity contribution in [3.05, 3.63) is 22.9 Å². The molecule has 0 amide bonds. The Hall–Kier alpha value is 0.501. The molecule has 0 aliphatic rings. The summed E-state index contributed by atoms with van der Waals surface area (Å²) in [4.78, 5) is 11.1. The van der Waals surface area contributed by atoms with Crippen LogP contribution in [0.3, 0.4) is 0 Å². The molecule has 0 N–H and O–H groups in total. The molecule has 0 radical (unpaired) electrons. The maximum Gasteiger partial charge on any atom is 1.00 e. The average molecular weight is 232 g/mol. The van der Waals surface area contributed by atoms with E-state index in [1.807, 2.05) is 0 Å². The summed E-state index contributed by atoms with van der Waals surface area (Å²) < 4.78 is 37.7. The number of imidazole rings is 1. The van der Waals surface area contributed by atoms with Gasteiger partial charge in [0.2, 0.25) is 0 Å². The fraction of sp³-hybridized carbons (Fsp3) is 0.500. The Morgan fingerprint density at radius 2 is 1.79 bits per heavy atom. The maximum absolute atomic E-state index is 11.9. The number of halogens is 3. The van der Waals surface area contributed by atoms with E-state index in [0.717, 1.165) is 6.20 Å². The third kappa shape index (κ3) is 3.93. The molecule has 0 fully saturated rings. The first-order chi connectivity index (χ1) is 5.94. The van der Waals surface area contributed by atoms with E-state index in [9.17, 15) is 17.7 Å². The average Bonchev–Trinajstić information content (AvgIpc) is 2.30. The van der Waals surface area contributed by atoms with Crippen LogP contribution in [0.25, 0.3) is 0 Å². The molecule has 8 heteroatoms. The molecule has 0 bridgehead atoms. The molecule has 0 saturated heterocycles. The minimum atomic E-state index is -4.94. The Morgan fingerprint density at radius 3 is 2.14 bits per heavy atom. The summed E-state index contributed by atoms with van der Waals surface area (Å²) in [6, 6.07) is 0. The zero-order valence-electron chi connectivity index (χ0n) is 8.08. The molecule has 1 aromatic rings. The molecule has 14 heavy (non-hydrogen) atoms. The third-order valence-corrected chi connectivity index (χ3v) is 1.66. The van der Waals surface area contributed by atoms with Crippen molar-refractivity contribution in [2.24, 2.45) is 0 Å². The molecule has 0 spiro atoms. The van der Waals surface area contributed by atoms with Gasteiger partial charge in [0.1, 0.15) is 0 Å². The van der Waals surface area contributed by atoms with Crippen LogP contribution in [-0.4, -0.2) is 16.1 Å². The summed E-state index contributed by atoms with van der Waals surface area (Å²) in [6.07, 6.45) is 1.34. The van der Waals surface area contributed by atoms with E-state index in [-0.39, 0.29) is 51.4 Å². The van der Waals surface area contributed by atoms with Crippen LogP contribution in [0.4, 0.5) is 12.9 Å². The second-order valence-electron chi connectivity index (χ2n) is 2.73. The first-order valence-corrected chi connectivity index (χ1v) is 3.90. The van der Waals surface area contributed by atoms with Crippen LogP contribution >= 0.6 is 0 Å². The Kier molecular flexibility index (Phi) is 5.75. The summed E-state index contributed by atoms with van der Waals surface area (Å²) in [5, 5.41) is 0. The van der Waals surface area contributed by atoms with Crippen LogP contribution in [0, 0.1) is 0 Å². The number of aryl methyl sites for hydroxylation is 1. The zero-order chi connectivity index (χ0) is 10.1. The monoisotopic (exact) mass is 232 g/mol. The van der Waals surface area contributed by atoms with E-state index < -0.39 is 19.1 Å². The molecule has 0 unspecified atom stereocenters. The molecule has 74 valence electrons. The number of nitrogens with zero attached hydrogens (tertiary/aromatic N) is 2. The largest absolute Gasteiger partial charge is 1.00 e. The van der Waals surface area contributed by atoms with Crippen LogP contribution < -0.4 is 57.1 Å². The van der Waals surface area contributed by atoms with Crippen LogP contribution in [-0.2, 0) is 13.0 Å². The van der Waals surface area contributed by atoms with E-state index in [1.165, 1.54) is 10.8 Å². The number of aromatic nitrogens is 2. The summed E-state index contributed by atoms with van der Waals surface area (Å²) in [6.45, 7) is -2.86. The Balaban J connectivity index is 0.00000169. The molecule has 0 aromatic carbocycles. The third-order valence-electron chi connectivity index (χ3n) is 1.66. The summed E-state index contributed by atoms with van der Waals surface area (Å²) in [7, 11) is 0. The van der Waals surface area contributed by atoms with E-state index in [4.69, 9.17) is 0 Å². The Morgan fingerprint density at radius 1 is 1.29 bits per heavy atom. The van der Waals surface area contributed by atoms with Gasteiger partial charge in [0, 0.05) is 18.9 Å². The van der Waals surface area contributed by atoms with Crippen molar-refractivity contribution in [3.8, 4) is 0 Å². The second kappa shape index (κ2) is 5.55. The van der Waals surface area contributed by atoms with Gasteiger partial charge < -0.3 is 17.5 Å². The molecule has 1 aromatic heterocycles. The van der Waals surface area contributed by atoms with Gasteiger partial charge in [0.05, 0.1) is 0 Å². The van der Waals surface area contributed by atoms with Crippen molar-refractivity contribution in [2.45, 2.75) is 19.9 Å². The van der Waals surface area contributed by atoms with Gasteiger partial charge in [0.15, 0.2) is 0 Å². The first kappa shape index (κ1) is 14.5. The van der Waals surface area contributed by atoms with Gasteiger partial charge in [-0.15, -0.1) is 0 Å². The number of rotatable bonds is 3. The van der Waals surface area contributed by atoms with E-state index in [0.29, 0.717) is 11.1 Å². The van der Waals surface area contributed by atoms with Crippen molar-refractivity contribution in [2.75, 3.05) is 0 Å². The number of hydrogen-bond acceptors (Lipinski definition) is 1. The molecular formula is C6H9BF3KN2O. The van der Waals surface area contributed by atoms with E-state index in [1.54, 1.807) is 6.92 Å². The summed E-state index contributed by atoms with van der Waals surface area (Å²) in [5.41, 5.74) is -0.610. The van der Waals surface area contributed by atoms with Gasteiger partial charge in [-0.1, -0.05) is 0 Å². The molecule has 1 heterocycles. The maximum atomic E-state index is 11.9. The van der Waals surface area contributed by atoms with Crippen molar-refractivity contribution in [1.82, 2.24) is 9.13 Å². The normalized spacial score (nSPS) is 11.1. The fourth-order valence-corrected chi connectivity index (χ4v) is 1.06. The van der Waals surface area contributed by atoms with E-state index in [2.05, 4.69) is 0 Å². The molecule has 0 atom stereocenters. The predicted molar refractivity (Wildman–Crippen MR) is 43.4 cm³/mol. The van der Waals surface area contributed by atoms with Crippen molar-refractivity contribution in [3.63, 3.8) is 0 Å². The molecule has 1 rings (SSSR count). The summed E-state index contributed by atoms with van der Waals surface area (Å²) in [5.74, 6) is 0. The minimum Gasteiger partial charge on any atom is -0.448 e. The van der Waals surface area contributed by atoms with Gasteiger partial charge in [-0.3, -0.25) is 4.57 Å². The second-order valence-corrected chi connectivity index (χ2v) is 2.73. The van der Waals surface area contributed by atoms with Crippen molar-refractivity contribution < 1.29 is 64.3 Å². The SMILES string of the molecule is CCn1ccn(C[B-](F)(F)F)c1=O.[K+]. The van der Waals surface area contributed by atoms with Gasteiger partial charge in [-0.05, 0) is 13.4 Å². The van der Waals surface area contributed by atoms with Crippen LogP contribution in [0.5, 0.6) is 0 Å². The topological polar surface area (TPSA) is 26.9 Å². The number of hydrogen-bond donors (Lipinski definition) is 0. The molecule has 0 aliphatic heterocycles. The van der Waals surface area contributed by atoms with Gasteiger partial charge in [-0.2, -0.15) is 0 Å². The predicted octanol–water partition coefficient (Wildman–Crippen LogP) is -1.94. The van der Waals surface area contributed by atoms with Gasteiger partial charge in [-0.25, -0.2) is 4.79 Å². The summed E-state index contributed by atoms with van der Waals surface area (Å²) >= 11 is 0. The van der Waals surface area contributed by atoms with Crippen molar-refractivity contribution >= 4 is 6.98 Å². The Bertz CT molecular complexity index is 346. The minimum absolute atomic E-state index is 0. The first-order valence-electron chi connectivity index (χ1n) is 3.90. The van der Waals surface area contributed by atoms with Crippen LogP contribution in [0.2, 0.25) is 0 Å². The molecular weight excluding hydrogens is 223 g/mol. The van der Waals surface area contributed by atoms with Crippen LogP contribution in [0.15, 0.2) is 17.2 Å². The molecule has 0 saturated carbocycles. The Labute approximate surface area is 122 Å². The molecule has 0 aliphatic carbocycles. The van der Waals surface area contributed by atoms with Gasteiger partial charge in [0.25, 0.3) is 0 Å². The fourth-order valence-electron chi connectivity index (χ4n) is 1.06. The van der Waals surface area contributed by atoms with Gasteiger partial charge >= 0.3 is 64.1 Å².